The van der Waals surface area contributed by atoms with Gasteiger partial charge in [-0.25, -0.2) is 9.59 Å². The van der Waals surface area contributed by atoms with E-state index in [0.717, 1.165) is 0 Å². The lowest BCUT2D eigenvalue weighted by Gasteiger charge is -1.99. The number of carbonyl (C=O) groups is 2. The zero-order chi connectivity index (χ0) is 9.14. The molecule has 0 saturated carbocycles. The number of aliphatic carboxylic acids is 2. The van der Waals surface area contributed by atoms with Gasteiger partial charge in [-0.15, -0.1) is 0 Å². The minimum atomic E-state index is -1.57. The first kappa shape index (κ1) is 8.38. The summed E-state index contributed by atoms with van der Waals surface area (Å²) in [6, 6.07) is 0. The smallest absolute Gasteiger partial charge is 0.350 e. The van der Waals surface area contributed by atoms with Crippen LogP contribution in [0.15, 0.2) is 11.5 Å². The van der Waals surface area contributed by atoms with Gasteiger partial charge in [0.1, 0.15) is 13.2 Å². The summed E-state index contributed by atoms with van der Waals surface area (Å²) in [6.07, 6.45) is 0. The molecule has 0 atom stereocenters. The minimum absolute atomic E-state index is 0.180. The van der Waals surface area contributed by atoms with Gasteiger partial charge in [-0.2, -0.15) is 0 Å². The minimum Gasteiger partial charge on any atom is -0.477 e. The van der Waals surface area contributed by atoms with E-state index in [-0.39, 0.29) is 13.2 Å². The van der Waals surface area contributed by atoms with E-state index in [0.29, 0.717) is 0 Å². The quantitative estimate of drug-likeness (QED) is 0.330. The number of rotatable bonds is 2. The van der Waals surface area contributed by atoms with E-state index in [9.17, 15) is 9.59 Å². The third-order valence-corrected chi connectivity index (χ3v) is 1.18. The first-order valence-electron chi connectivity index (χ1n) is 3.09. The van der Waals surface area contributed by atoms with Crippen molar-refractivity contribution < 1.29 is 29.3 Å². The van der Waals surface area contributed by atoms with Gasteiger partial charge in [-0.3, -0.25) is 0 Å². The monoisotopic (exact) mass is 174 g/mol. The second kappa shape index (κ2) is 3.12. The van der Waals surface area contributed by atoms with Crippen LogP contribution in [0.1, 0.15) is 0 Å². The molecule has 1 heterocycles. The molecule has 6 heteroatoms. The van der Waals surface area contributed by atoms with Crippen LogP contribution in [0.4, 0.5) is 0 Å². The van der Waals surface area contributed by atoms with Crippen molar-refractivity contribution in [2.45, 2.75) is 0 Å². The number of hydrogen-bond donors (Lipinski definition) is 2. The number of carboxylic acids is 2. The van der Waals surface area contributed by atoms with Crippen LogP contribution in [0.25, 0.3) is 0 Å². The summed E-state index contributed by atoms with van der Waals surface area (Å²) < 4.78 is 9.27. The molecule has 12 heavy (non-hydrogen) atoms. The van der Waals surface area contributed by atoms with Crippen LogP contribution in [0, 0.1) is 0 Å². The van der Waals surface area contributed by atoms with Crippen molar-refractivity contribution in [1.82, 2.24) is 0 Å². The molecule has 0 amide bonds. The Morgan fingerprint density at radius 1 is 1.08 bits per heavy atom. The average molecular weight is 174 g/mol. The van der Waals surface area contributed by atoms with E-state index < -0.39 is 23.5 Å². The molecule has 0 bridgehead atoms. The highest BCUT2D eigenvalue weighted by Crippen LogP contribution is 2.13. The molecule has 0 aliphatic carbocycles. The zero-order valence-electron chi connectivity index (χ0n) is 5.94. The Morgan fingerprint density at radius 2 is 1.50 bits per heavy atom. The maximum Gasteiger partial charge on any atom is 0.350 e. The van der Waals surface area contributed by atoms with Crippen LogP contribution in [-0.2, 0) is 19.1 Å². The molecule has 0 radical (unpaired) electrons. The molecule has 6 nitrogen and oxygen atoms in total. The highest BCUT2D eigenvalue weighted by Gasteiger charge is 2.27. The van der Waals surface area contributed by atoms with Crippen LogP contribution in [0.2, 0.25) is 0 Å². The lowest BCUT2D eigenvalue weighted by molar-refractivity contribution is -0.141. The zero-order valence-corrected chi connectivity index (χ0v) is 5.94. The molecule has 66 valence electrons. The summed E-state index contributed by atoms with van der Waals surface area (Å²) in [7, 11) is 0. The predicted octanol–water partition coefficient (Wildman–Crippen LogP) is -0.586. The van der Waals surface area contributed by atoms with Gasteiger partial charge in [-0.05, 0) is 0 Å². The fourth-order valence-corrected chi connectivity index (χ4v) is 0.721. The fourth-order valence-electron chi connectivity index (χ4n) is 0.721. The Hall–Kier alpha value is -1.72. The van der Waals surface area contributed by atoms with Crippen LogP contribution in [-0.4, -0.2) is 35.4 Å². The van der Waals surface area contributed by atoms with Crippen molar-refractivity contribution in [3.63, 3.8) is 0 Å². The molecule has 0 unspecified atom stereocenters. The molecule has 0 aromatic heterocycles. The Morgan fingerprint density at radius 3 is 1.83 bits per heavy atom. The van der Waals surface area contributed by atoms with Crippen molar-refractivity contribution in [2.24, 2.45) is 0 Å². The molecular formula is C6H6O6. The van der Waals surface area contributed by atoms with Crippen molar-refractivity contribution >= 4 is 11.9 Å². The second-order valence-electron chi connectivity index (χ2n) is 1.97. The first-order chi connectivity index (χ1) is 5.63. The maximum absolute atomic E-state index is 10.3. The molecule has 1 saturated heterocycles. The normalized spacial score (nSPS) is 14.8. The van der Waals surface area contributed by atoms with Gasteiger partial charge < -0.3 is 19.7 Å². The third-order valence-electron chi connectivity index (χ3n) is 1.18. The van der Waals surface area contributed by atoms with Gasteiger partial charge in [0.2, 0.25) is 5.57 Å². The molecule has 0 aromatic carbocycles. The Balaban J connectivity index is 2.97. The number of ether oxygens (including phenoxy) is 2. The van der Waals surface area contributed by atoms with Crippen LogP contribution in [0.5, 0.6) is 0 Å². The largest absolute Gasteiger partial charge is 0.477 e. The van der Waals surface area contributed by atoms with Crippen molar-refractivity contribution in [3.05, 3.63) is 11.5 Å². The maximum atomic E-state index is 10.3. The first-order valence-corrected chi connectivity index (χ1v) is 3.09. The lowest BCUT2D eigenvalue weighted by Crippen LogP contribution is -2.14. The van der Waals surface area contributed by atoms with E-state index in [1.54, 1.807) is 0 Å². The highest BCUT2D eigenvalue weighted by atomic mass is 16.7. The number of carboxylic acid groups (broad SMARTS) is 2. The molecular weight excluding hydrogens is 168 g/mol. The van der Waals surface area contributed by atoms with Gasteiger partial charge in [0, 0.05) is 0 Å². The summed E-state index contributed by atoms with van der Waals surface area (Å²) >= 11 is 0. The summed E-state index contributed by atoms with van der Waals surface area (Å²) in [5, 5.41) is 16.8. The van der Waals surface area contributed by atoms with Crippen molar-refractivity contribution in [2.75, 3.05) is 13.2 Å². The van der Waals surface area contributed by atoms with E-state index >= 15 is 0 Å². The van der Waals surface area contributed by atoms with Gasteiger partial charge in [0.25, 0.3) is 0 Å². The molecule has 2 N–H and O–H groups in total. The third kappa shape index (κ3) is 1.47. The lowest BCUT2D eigenvalue weighted by atomic mass is 10.3. The molecule has 1 aliphatic rings. The summed E-state index contributed by atoms with van der Waals surface area (Å²) in [5.41, 5.74) is -0.868. The molecule has 1 aliphatic heterocycles. The van der Waals surface area contributed by atoms with Gasteiger partial charge in [-0.1, -0.05) is 0 Å². The van der Waals surface area contributed by atoms with Crippen LogP contribution >= 0.6 is 0 Å². The number of hydrogen-bond acceptors (Lipinski definition) is 4. The van der Waals surface area contributed by atoms with Gasteiger partial charge in [0.15, 0.2) is 0 Å². The fraction of sp³-hybridized carbons (Fsp3) is 0.333. The highest BCUT2D eigenvalue weighted by molar-refractivity contribution is 6.12. The predicted molar refractivity (Wildman–Crippen MR) is 34.2 cm³/mol. The van der Waals surface area contributed by atoms with Crippen molar-refractivity contribution in [3.8, 4) is 0 Å². The van der Waals surface area contributed by atoms with Gasteiger partial charge >= 0.3 is 17.9 Å². The Labute approximate surface area is 67.0 Å². The standard InChI is InChI=1S/C6H6O6/c7-4(8)3(5(9)10)6-11-1-2-12-6/h1-2H2,(H,7,8)(H,9,10). The topological polar surface area (TPSA) is 93.1 Å². The molecule has 1 rings (SSSR count). The van der Waals surface area contributed by atoms with Crippen LogP contribution < -0.4 is 0 Å². The van der Waals surface area contributed by atoms with E-state index in [4.69, 9.17) is 10.2 Å². The summed E-state index contributed by atoms with van der Waals surface area (Å²) in [5.74, 6) is -3.56. The molecule has 0 spiro atoms. The second-order valence-corrected chi connectivity index (χ2v) is 1.97. The van der Waals surface area contributed by atoms with Crippen molar-refractivity contribution in [1.29, 1.82) is 0 Å². The summed E-state index contributed by atoms with van der Waals surface area (Å²) in [4.78, 5) is 20.7. The SMILES string of the molecule is O=C(O)C(C(=O)O)=C1OCCO1. The van der Waals surface area contributed by atoms with Crippen LogP contribution in [0.3, 0.4) is 0 Å². The molecule has 0 aromatic rings. The van der Waals surface area contributed by atoms with E-state index in [1.807, 2.05) is 0 Å². The molecule has 1 fully saturated rings. The summed E-state index contributed by atoms with van der Waals surface area (Å²) in [6.45, 7) is 0.360. The Kier molecular flexibility index (Phi) is 2.18. The van der Waals surface area contributed by atoms with E-state index in [2.05, 4.69) is 9.47 Å². The van der Waals surface area contributed by atoms with E-state index in [1.165, 1.54) is 0 Å². The Bertz CT molecular complexity index is 229. The van der Waals surface area contributed by atoms with Gasteiger partial charge in [0.05, 0.1) is 0 Å². The average Bonchev–Trinajstić information content (AvgIpc) is 2.37.